The predicted molar refractivity (Wildman–Crippen MR) is 76.0 cm³/mol. The van der Waals surface area contributed by atoms with Crippen molar-refractivity contribution in [2.75, 3.05) is 14.2 Å². The monoisotopic (exact) mass is 285 g/mol. The first kappa shape index (κ1) is 15.6. The minimum absolute atomic E-state index is 0.246. The summed E-state index contributed by atoms with van der Waals surface area (Å²) in [6.45, 7) is 5.71. The van der Waals surface area contributed by atoms with Gasteiger partial charge in [0.2, 0.25) is 5.91 Å². The zero-order chi connectivity index (χ0) is 14.6. The van der Waals surface area contributed by atoms with Crippen LogP contribution < -0.4 is 14.8 Å². The second-order valence-electron chi connectivity index (χ2n) is 5.25. The van der Waals surface area contributed by atoms with Crippen molar-refractivity contribution in [3.05, 3.63) is 23.8 Å². The molecule has 0 saturated heterocycles. The van der Waals surface area contributed by atoms with Crippen LogP contribution in [0.5, 0.6) is 11.5 Å². The number of benzene rings is 1. The molecule has 0 saturated carbocycles. The van der Waals surface area contributed by atoms with Crippen LogP contribution in [0.2, 0.25) is 0 Å². The molecule has 1 aromatic carbocycles. The molecular formula is C14H20ClNO3. The highest BCUT2D eigenvalue weighted by Gasteiger charge is 2.23. The number of amides is 1. The lowest BCUT2D eigenvalue weighted by Crippen LogP contribution is -2.42. The van der Waals surface area contributed by atoms with Crippen molar-refractivity contribution in [3.8, 4) is 11.5 Å². The molecule has 0 heterocycles. The van der Waals surface area contributed by atoms with Gasteiger partial charge in [0, 0.05) is 11.6 Å². The van der Waals surface area contributed by atoms with Crippen molar-refractivity contribution < 1.29 is 14.3 Å². The van der Waals surface area contributed by atoms with Gasteiger partial charge in [-0.05, 0) is 38.5 Å². The van der Waals surface area contributed by atoms with E-state index in [-0.39, 0.29) is 11.4 Å². The molecule has 5 heteroatoms. The minimum Gasteiger partial charge on any atom is -0.497 e. The fourth-order valence-corrected chi connectivity index (χ4v) is 1.74. The smallest absolute Gasteiger partial charge is 0.243 e. The maximum Gasteiger partial charge on any atom is 0.243 e. The lowest BCUT2D eigenvalue weighted by molar-refractivity contribution is -0.122. The molecule has 0 aliphatic carbocycles. The third-order valence-corrected chi connectivity index (χ3v) is 2.84. The molecule has 1 amide bonds. The van der Waals surface area contributed by atoms with Gasteiger partial charge in [-0.25, -0.2) is 0 Å². The Kier molecular flexibility index (Phi) is 5.06. The zero-order valence-corrected chi connectivity index (χ0v) is 12.7. The molecular weight excluding hydrogens is 266 g/mol. The summed E-state index contributed by atoms with van der Waals surface area (Å²) in [7, 11) is 3.11. The number of rotatable bonds is 4. The Bertz CT molecular complexity index is 432. The molecule has 1 rings (SSSR count). The maximum absolute atomic E-state index is 12.0. The summed E-state index contributed by atoms with van der Waals surface area (Å²) in [5.74, 6) is 0.955. The van der Waals surface area contributed by atoms with Crippen LogP contribution in [0.15, 0.2) is 18.2 Å². The molecule has 0 aliphatic rings. The van der Waals surface area contributed by atoms with Gasteiger partial charge in [-0.3, -0.25) is 4.79 Å². The molecule has 1 atom stereocenters. The number of alkyl halides is 1. The lowest BCUT2D eigenvalue weighted by atomic mass is 10.1. The van der Waals surface area contributed by atoms with E-state index in [4.69, 9.17) is 21.1 Å². The third kappa shape index (κ3) is 4.63. The van der Waals surface area contributed by atoms with E-state index >= 15 is 0 Å². The Hall–Kier alpha value is -1.42. The summed E-state index contributed by atoms with van der Waals surface area (Å²) < 4.78 is 10.3. The molecule has 106 valence electrons. The number of ether oxygens (including phenoxy) is 2. The van der Waals surface area contributed by atoms with Gasteiger partial charge < -0.3 is 14.8 Å². The number of hydrogen-bond donors (Lipinski definition) is 1. The first-order valence-corrected chi connectivity index (χ1v) is 6.39. The van der Waals surface area contributed by atoms with E-state index in [1.54, 1.807) is 32.4 Å². The van der Waals surface area contributed by atoms with Gasteiger partial charge in [0.25, 0.3) is 0 Å². The van der Waals surface area contributed by atoms with Crippen LogP contribution in [0.25, 0.3) is 0 Å². The Morgan fingerprint density at radius 2 is 1.63 bits per heavy atom. The minimum atomic E-state index is -0.789. The Labute approximate surface area is 119 Å². The Morgan fingerprint density at radius 1 is 1.16 bits per heavy atom. The van der Waals surface area contributed by atoms with Crippen molar-refractivity contribution in [1.82, 2.24) is 5.32 Å². The number of hydrogen-bond acceptors (Lipinski definition) is 3. The summed E-state index contributed by atoms with van der Waals surface area (Å²) in [5.41, 5.74) is 0.312. The highest BCUT2D eigenvalue weighted by atomic mass is 35.5. The van der Waals surface area contributed by atoms with Crippen LogP contribution in [-0.4, -0.2) is 25.7 Å². The maximum atomic E-state index is 12.0. The fourth-order valence-electron chi connectivity index (χ4n) is 1.56. The Balaban J connectivity index is 2.98. The van der Waals surface area contributed by atoms with Crippen LogP contribution in [0.3, 0.4) is 0 Å². The first-order valence-electron chi connectivity index (χ1n) is 5.96. The quantitative estimate of drug-likeness (QED) is 0.866. The van der Waals surface area contributed by atoms with Gasteiger partial charge in [0.15, 0.2) is 0 Å². The molecule has 0 fully saturated rings. The molecule has 0 bridgehead atoms. The molecule has 1 unspecified atom stereocenters. The van der Waals surface area contributed by atoms with Gasteiger partial charge in [-0.1, -0.05) is 0 Å². The normalized spacial score (nSPS) is 12.7. The second-order valence-corrected chi connectivity index (χ2v) is 5.68. The standard InChI is InChI=1S/C14H20ClNO3/c1-14(2,3)16-13(17)12(15)9-6-10(18-4)8-11(7-9)19-5/h6-8,12H,1-5H3,(H,16,17). The van der Waals surface area contributed by atoms with Gasteiger partial charge in [0.05, 0.1) is 14.2 Å². The molecule has 4 nitrogen and oxygen atoms in total. The van der Waals surface area contributed by atoms with Gasteiger partial charge in [-0.2, -0.15) is 0 Å². The number of nitrogens with one attached hydrogen (secondary N) is 1. The summed E-state index contributed by atoms with van der Waals surface area (Å²) in [5, 5.41) is 2.05. The molecule has 0 aliphatic heterocycles. The molecule has 0 radical (unpaired) electrons. The van der Waals surface area contributed by atoms with Crippen LogP contribution in [0, 0.1) is 0 Å². The molecule has 19 heavy (non-hydrogen) atoms. The number of carbonyl (C=O) groups is 1. The van der Waals surface area contributed by atoms with Gasteiger partial charge >= 0.3 is 0 Å². The van der Waals surface area contributed by atoms with E-state index in [0.717, 1.165) is 0 Å². The van der Waals surface area contributed by atoms with Crippen molar-refractivity contribution in [1.29, 1.82) is 0 Å². The average Bonchev–Trinajstić information content (AvgIpc) is 2.35. The highest BCUT2D eigenvalue weighted by Crippen LogP contribution is 2.30. The lowest BCUT2D eigenvalue weighted by Gasteiger charge is -2.22. The molecule has 1 aromatic rings. The van der Waals surface area contributed by atoms with Crippen molar-refractivity contribution in [2.45, 2.75) is 31.7 Å². The van der Waals surface area contributed by atoms with E-state index in [1.165, 1.54) is 0 Å². The SMILES string of the molecule is COc1cc(OC)cc(C(Cl)C(=O)NC(C)(C)C)c1. The topological polar surface area (TPSA) is 47.6 Å². The van der Waals surface area contributed by atoms with Crippen molar-refractivity contribution in [2.24, 2.45) is 0 Å². The predicted octanol–water partition coefficient (Wildman–Crippen LogP) is 2.90. The van der Waals surface area contributed by atoms with Crippen molar-refractivity contribution >= 4 is 17.5 Å². The van der Waals surface area contributed by atoms with E-state index in [9.17, 15) is 4.79 Å². The average molecular weight is 286 g/mol. The largest absolute Gasteiger partial charge is 0.497 e. The van der Waals surface area contributed by atoms with Crippen LogP contribution in [0.1, 0.15) is 31.7 Å². The van der Waals surface area contributed by atoms with Gasteiger partial charge in [0.1, 0.15) is 16.9 Å². The van der Waals surface area contributed by atoms with Crippen LogP contribution in [0.4, 0.5) is 0 Å². The summed E-state index contributed by atoms with van der Waals surface area (Å²) in [4.78, 5) is 12.0. The summed E-state index contributed by atoms with van der Waals surface area (Å²) in [6.07, 6.45) is 0. The van der Waals surface area contributed by atoms with Crippen molar-refractivity contribution in [3.63, 3.8) is 0 Å². The summed E-state index contributed by atoms with van der Waals surface area (Å²) >= 11 is 6.20. The number of carbonyl (C=O) groups excluding carboxylic acids is 1. The third-order valence-electron chi connectivity index (χ3n) is 2.39. The second kappa shape index (κ2) is 6.15. The molecule has 1 N–H and O–H groups in total. The summed E-state index contributed by atoms with van der Waals surface area (Å²) in [6, 6.07) is 5.18. The fraction of sp³-hybridized carbons (Fsp3) is 0.500. The number of methoxy groups -OCH3 is 2. The van der Waals surface area contributed by atoms with Crippen LogP contribution >= 0.6 is 11.6 Å². The zero-order valence-electron chi connectivity index (χ0n) is 11.9. The van der Waals surface area contributed by atoms with Gasteiger partial charge in [-0.15, -0.1) is 11.6 Å². The molecule has 0 aromatic heterocycles. The van der Waals surface area contributed by atoms with E-state index in [1.807, 2.05) is 20.8 Å². The Morgan fingerprint density at radius 3 is 2.00 bits per heavy atom. The highest BCUT2D eigenvalue weighted by molar-refractivity contribution is 6.30. The van der Waals surface area contributed by atoms with Crippen LogP contribution in [-0.2, 0) is 4.79 Å². The van der Waals surface area contributed by atoms with E-state index in [0.29, 0.717) is 17.1 Å². The molecule has 0 spiro atoms. The number of halogens is 1. The van der Waals surface area contributed by atoms with E-state index < -0.39 is 5.38 Å². The van der Waals surface area contributed by atoms with E-state index in [2.05, 4.69) is 5.32 Å². The first-order chi connectivity index (χ1) is 8.76.